The molecule has 0 nitrogen and oxygen atoms in total. The summed E-state index contributed by atoms with van der Waals surface area (Å²) in [5.41, 5.74) is 0.621. The molecule has 1 aliphatic carbocycles. The first-order valence-corrected chi connectivity index (χ1v) is 7.02. The van der Waals surface area contributed by atoms with E-state index in [1.165, 1.54) is 0 Å². The van der Waals surface area contributed by atoms with Gasteiger partial charge in [0.15, 0.2) is 0 Å². The molecular formula is C9H8Br2ClFS. The zero-order valence-electron chi connectivity index (χ0n) is 7.36. The normalized spacial score (nSPS) is 33.1. The molecule has 14 heavy (non-hydrogen) atoms. The Balaban J connectivity index is 2.27. The van der Waals surface area contributed by atoms with Gasteiger partial charge in [-0.25, -0.2) is 4.39 Å². The summed E-state index contributed by atoms with van der Waals surface area (Å²) >= 11 is 14.7. The molecule has 0 amide bonds. The maximum Gasteiger partial charge on any atom is 0.108 e. The van der Waals surface area contributed by atoms with E-state index < -0.39 is 6.17 Å². The Hall–Kier alpha value is 0.880. The van der Waals surface area contributed by atoms with Crippen molar-refractivity contribution in [1.82, 2.24) is 0 Å². The molecule has 5 heteroatoms. The number of thiophene rings is 1. The fourth-order valence-electron chi connectivity index (χ4n) is 1.47. The minimum absolute atomic E-state index is 0.241. The topological polar surface area (TPSA) is 0 Å². The SMILES string of the molecule is CC1(C(Cl)c2cc(Br)sc2Br)CC1F. The monoisotopic (exact) mass is 360 g/mol. The van der Waals surface area contributed by atoms with Crippen molar-refractivity contribution in [3.05, 3.63) is 19.2 Å². The summed E-state index contributed by atoms with van der Waals surface area (Å²) in [5.74, 6) is 0. The minimum Gasteiger partial charge on any atom is -0.247 e. The van der Waals surface area contributed by atoms with Crippen LogP contribution < -0.4 is 0 Å². The van der Waals surface area contributed by atoms with Crippen molar-refractivity contribution in [2.24, 2.45) is 5.41 Å². The zero-order valence-corrected chi connectivity index (χ0v) is 12.1. The molecule has 0 spiro atoms. The van der Waals surface area contributed by atoms with E-state index in [1.807, 2.05) is 13.0 Å². The van der Waals surface area contributed by atoms with E-state index in [2.05, 4.69) is 31.9 Å². The van der Waals surface area contributed by atoms with Gasteiger partial charge >= 0.3 is 0 Å². The lowest BCUT2D eigenvalue weighted by Gasteiger charge is -2.15. The summed E-state index contributed by atoms with van der Waals surface area (Å²) < 4.78 is 15.1. The molecule has 1 aromatic heterocycles. The number of hydrogen-bond donors (Lipinski definition) is 0. The van der Waals surface area contributed by atoms with Crippen molar-refractivity contribution in [2.45, 2.75) is 24.9 Å². The van der Waals surface area contributed by atoms with Crippen LogP contribution in [0.1, 0.15) is 24.3 Å². The predicted octanol–water partition coefficient (Wildman–Crippen LogP) is 5.30. The summed E-state index contributed by atoms with van der Waals surface area (Å²) in [6, 6.07) is 1.96. The van der Waals surface area contributed by atoms with Crippen molar-refractivity contribution in [3.63, 3.8) is 0 Å². The Morgan fingerprint density at radius 2 is 2.29 bits per heavy atom. The maximum absolute atomic E-state index is 13.1. The lowest BCUT2D eigenvalue weighted by atomic mass is 10.00. The van der Waals surface area contributed by atoms with Gasteiger partial charge in [0.2, 0.25) is 0 Å². The van der Waals surface area contributed by atoms with Gasteiger partial charge < -0.3 is 0 Å². The van der Waals surface area contributed by atoms with Gasteiger partial charge in [-0.2, -0.15) is 0 Å². The zero-order chi connectivity index (χ0) is 10.5. The molecule has 0 radical (unpaired) electrons. The van der Waals surface area contributed by atoms with E-state index in [0.29, 0.717) is 6.42 Å². The highest BCUT2D eigenvalue weighted by Crippen LogP contribution is 2.61. The maximum atomic E-state index is 13.1. The molecule has 0 N–H and O–H groups in total. The fourth-order valence-corrected chi connectivity index (χ4v) is 4.97. The molecule has 0 bridgehead atoms. The summed E-state index contributed by atoms with van der Waals surface area (Å²) in [7, 11) is 0. The van der Waals surface area contributed by atoms with Gasteiger partial charge in [0.25, 0.3) is 0 Å². The molecule has 1 aliphatic rings. The van der Waals surface area contributed by atoms with Crippen molar-refractivity contribution < 1.29 is 4.39 Å². The van der Waals surface area contributed by atoms with E-state index >= 15 is 0 Å². The third-order valence-corrected chi connectivity index (χ3v) is 5.83. The van der Waals surface area contributed by atoms with E-state index in [-0.39, 0.29) is 10.8 Å². The average molecular weight is 362 g/mol. The standard InChI is InChI=1S/C9H8Br2ClFS/c1-9(3-5(9)13)7(12)4-2-6(10)14-8(4)11/h2,5,7H,3H2,1H3. The minimum atomic E-state index is -0.754. The Morgan fingerprint density at radius 1 is 1.71 bits per heavy atom. The van der Waals surface area contributed by atoms with E-state index in [9.17, 15) is 4.39 Å². The average Bonchev–Trinajstić information content (AvgIpc) is 2.54. The number of halogens is 4. The summed E-state index contributed by atoms with van der Waals surface area (Å²) in [5, 5.41) is -0.241. The van der Waals surface area contributed by atoms with Crippen molar-refractivity contribution in [3.8, 4) is 0 Å². The van der Waals surface area contributed by atoms with Crippen LogP contribution in [0, 0.1) is 5.41 Å². The molecule has 1 saturated carbocycles. The second-order valence-electron chi connectivity index (χ2n) is 3.82. The number of alkyl halides is 2. The van der Waals surface area contributed by atoms with Crippen molar-refractivity contribution in [2.75, 3.05) is 0 Å². The lowest BCUT2D eigenvalue weighted by Crippen LogP contribution is -2.07. The van der Waals surface area contributed by atoms with Gasteiger partial charge in [-0.3, -0.25) is 0 Å². The quantitative estimate of drug-likeness (QED) is 0.626. The van der Waals surface area contributed by atoms with Crippen molar-refractivity contribution >= 4 is 54.8 Å². The van der Waals surface area contributed by atoms with Gasteiger partial charge in [0.1, 0.15) is 6.17 Å². The third-order valence-electron chi connectivity index (χ3n) is 2.71. The highest BCUT2D eigenvalue weighted by atomic mass is 79.9. The molecule has 3 unspecified atom stereocenters. The Bertz CT molecular complexity index is 368. The Kier molecular flexibility index (Phi) is 3.02. The van der Waals surface area contributed by atoms with E-state index in [0.717, 1.165) is 13.1 Å². The first kappa shape index (κ1) is 11.4. The number of rotatable bonds is 2. The molecule has 0 saturated heterocycles. The van der Waals surface area contributed by atoms with E-state index in [4.69, 9.17) is 11.6 Å². The molecule has 1 aromatic rings. The molecule has 78 valence electrons. The van der Waals surface area contributed by atoms with Crippen LogP contribution in [0.4, 0.5) is 4.39 Å². The van der Waals surface area contributed by atoms with Gasteiger partial charge in [-0.15, -0.1) is 22.9 Å². The third kappa shape index (κ3) is 1.79. The van der Waals surface area contributed by atoms with Crippen LogP contribution in [0.2, 0.25) is 0 Å². The van der Waals surface area contributed by atoms with Crippen molar-refractivity contribution in [1.29, 1.82) is 0 Å². The van der Waals surface area contributed by atoms with Crippen LogP contribution in [0.15, 0.2) is 13.6 Å². The molecule has 3 atom stereocenters. The lowest BCUT2D eigenvalue weighted by molar-refractivity contribution is 0.369. The molecule has 0 aliphatic heterocycles. The first-order chi connectivity index (χ1) is 6.45. The van der Waals surface area contributed by atoms with Crippen LogP contribution in [-0.4, -0.2) is 6.17 Å². The highest BCUT2D eigenvalue weighted by molar-refractivity contribution is 9.12. The van der Waals surface area contributed by atoms with Gasteiger partial charge in [-0.05, 0) is 49.9 Å². The fraction of sp³-hybridized carbons (Fsp3) is 0.556. The molecule has 1 heterocycles. The van der Waals surface area contributed by atoms with Gasteiger partial charge in [-0.1, -0.05) is 6.92 Å². The summed E-state index contributed by atoms with van der Waals surface area (Å²) in [6.07, 6.45) is -0.184. The Labute approximate surface area is 108 Å². The van der Waals surface area contributed by atoms with Crippen LogP contribution in [0.25, 0.3) is 0 Å². The van der Waals surface area contributed by atoms with Crippen LogP contribution in [-0.2, 0) is 0 Å². The number of hydrogen-bond acceptors (Lipinski definition) is 1. The predicted molar refractivity (Wildman–Crippen MR) is 65.9 cm³/mol. The van der Waals surface area contributed by atoms with Gasteiger partial charge in [0, 0.05) is 5.41 Å². The summed E-state index contributed by atoms with van der Waals surface area (Å²) in [4.78, 5) is 0. The largest absolute Gasteiger partial charge is 0.247 e. The van der Waals surface area contributed by atoms with Gasteiger partial charge in [0.05, 0.1) is 12.9 Å². The molecule has 2 rings (SSSR count). The smallest absolute Gasteiger partial charge is 0.108 e. The van der Waals surface area contributed by atoms with Crippen LogP contribution >= 0.6 is 54.8 Å². The molecular weight excluding hydrogens is 354 g/mol. The highest BCUT2D eigenvalue weighted by Gasteiger charge is 2.56. The van der Waals surface area contributed by atoms with Crippen LogP contribution in [0.5, 0.6) is 0 Å². The molecule has 1 fully saturated rings. The molecule has 0 aromatic carbocycles. The second kappa shape index (κ2) is 3.72. The Morgan fingerprint density at radius 3 is 2.64 bits per heavy atom. The van der Waals surface area contributed by atoms with Crippen LogP contribution in [0.3, 0.4) is 0 Å². The second-order valence-corrected chi connectivity index (χ2v) is 8.01. The summed E-state index contributed by atoms with van der Waals surface area (Å²) in [6.45, 7) is 1.90. The van der Waals surface area contributed by atoms with E-state index in [1.54, 1.807) is 11.3 Å². The first-order valence-electron chi connectivity index (χ1n) is 4.18.